The van der Waals surface area contributed by atoms with Gasteiger partial charge in [0.25, 0.3) is 5.91 Å². The van der Waals surface area contributed by atoms with Crippen molar-refractivity contribution in [3.05, 3.63) is 76.5 Å². The molecule has 4 rings (SSSR count). The van der Waals surface area contributed by atoms with Crippen LogP contribution in [-0.4, -0.2) is 86.1 Å². The summed E-state index contributed by atoms with van der Waals surface area (Å²) in [6.07, 6.45) is 0.783. The third kappa shape index (κ3) is 5.83. The predicted molar refractivity (Wildman–Crippen MR) is 144 cm³/mol. The van der Waals surface area contributed by atoms with E-state index < -0.39 is 12.0 Å². The van der Waals surface area contributed by atoms with E-state index in [0.29, 0.717) is 54.3 Å². The summed E-state index contributed by atoms with van der Waals surface area (Å²) in [5.74, 6) is 0.114. The zero-order valence-corrected chi connectivity index (χ0v) is 22.5. The normalized spacial score (nSPS) is 18.6. The molecule has 1 saturated heterocycles. The van der Waals surface area contributed by atoms with Gasteiger partial charge in [-0.1, -0.05) is 35.9 Å². The molecule has 0 aromatic heterocycles. The topological polar surface area (TPSA) is 91.4 Å². The van der Waals surface area contributed by atoms with E-state index in [0.717, 1.165) is 18.5 Å². The molecule has 2 aliphatic rings. The Labute approximate surface area is 224 Å². The van der Waals surface area contributed by atoms with Crippen molar-refractivity contribution in [1.82, 2.24) is 20.0 Å². The number of methoxy groups -OCH3 is 1. The molecule has 0 saturated carbocycles. The van der Waals surface area contributed by atoms with Gasteiger partial charge in [-0.05, 0) is 38.5 Å². The zero-order valence-electron chi connectivity index (χ0n) is 22.5. The Morgan fingerprint density at radius 2 is 1.76 bits per heavy atom. The molecule has 9 nitrogen and oxygen atoms in total. The Hall–Kier alpha value is -3.85. The Morgan fingerprint density at radius 1 is 1.03 bits per heavy atom. The third-order valence-corrected chi connectivity index (χ3v) is 7.07. The molecule has 2 heterocycles. The summed E-state index contributed by atoms with van der Waals surface area (Å²) in [5, 5.41) is 2.95. The van der Waals surface area contributed by atoms with E-state index in [4.69, 9.17) is 9.47 Å². The molecule has 0 radical (unpaired) electrons. The van der Waals surface area contributed by atoms with Crippen LogP contribution in [0.1, 0.15) is 40.9 Å². The molecular weight excluding hydrogens is 484 g/mol. The van der Waals surface area contributed by atoms with Crippen LogP contribution in [0, 0.1) is 6.92 Å². The maximum absolute atomic E-state index is 13.3. The summed E-state index contributed by atoms with van der Waals surface area (Å²) in [7, 11) is 3.22. The van der Waals surface area contributed by atoms with Crippen LogP contribution in [-0.2, 0) is 9.53 Å². The molecule has 0 unspecified atom stereocenters. The Bertz CT molecular complexity index is 1210. The summed E-state index contributed by atoms with van der Waals surface area (Å²) in [4.78, 5) is 45.0. The molecule has 1 atom stereocenters. The van der Waals surface area contributed by atoms with Gasteiger partial charge in [0.2, 0.25) is 0 Å². The van der Waals surface area contributed by atoms with Gasteiger partial charge in [-0.2, -0.15) is 0 Å². The number of carbonyl (C=O) groups excluding carboxylic acids is 3. The first kappa shape index (κ1) is 27.2. The monoisotopic (exact) mass is 520 g/mol. The molecule has 2 aliphatic heterocycles. The molecular formula is C29H36N4O5. The molecule has 1 fully saturated rings. The summed E-state index contributed by atoms with van der Waals surface area (Å²) >= 11 is 0. The SMILES string of the molecule is CCOC(=O)C1=C(CN2CCCN(C(=O)c3ccc(C)cc3)CC2)N(C)C(=O)N[C@@H]1c1ccccc1OC. The first-order valence-corrected chi connectivity index (χ1v) is 13.0. The fraction of sp³-hybridized carbons (Fsp3) is 0.414. The number of urea groups is 1. The highest BCUT2D eigenvalue weighted by Gasteiger charge is 2.38. The first-order valence-electron chi connectivity index (χ1n) is 13.0. The lowest BCUT2D eigenvalue weighted by Gasteiger charge is -2.37. The molecule has 38 heavy (non-hydrogen) atoms. The van der Waals surface area contributed by atoms with Crippen molar-refractivity contribution in [2.75, 3.05) is 53.5 Å². The number of hydrogen-bond donors (Lipinski definition) is 1. The van der Waals surface area contributed by atoms with Crippen molar-refractivity contribution in [3.8, 4) is 5.75 Å². The fourth-order valence-corrected chi connectivity index (χ4v) is 4.96. The minimum atomic E-state index is -0.713. The highest BCUT2D eigenvalue weighted by molar-refractivity contribution is 5.95. The van der Waals surface area contributed by atoms with E-state index >= 15 is 0 Å². The summed E-state index contributed by atoms with van der Waals surface area (Å²) in [6, 6.07) is 13.9. The smallest absolute Gasteiger partial charge is 0.338 e. The molecule has 1 N–H and O–H groups in total. The fourth-order valence-electron chi connectivity index (χ4n) is 4.96. The van der Waals surface area contributed by atoms with Crippen molar-refractivity contribution in [2.45, 2.75) is 26.3 Å². The van der Waals surface area contributed by atoms with Gasteiger partial charge in [0, 0.05) is 56.6 Å². The molecule has 2 aromatic rings. The lowest BCUT2D eigenvalue weighted by molar-refractivity contribution is -0.139. The van der Waals surface area contributed by atoms with Gasteiger partial charge in [0.1, 0.15) is 5.75 Å². The molecule has 2 aromatic carbocycles. The largest absolute Gasteiger partial charge is 0.496 e. The highest BCUT2D eigenvalue weighted by atomic mass is 16.5. The second-order valence-electron chi connectivity index (χ2n) is 9.55. The van der Waals surface area contributed by atoms with Crippen LogP contribution < -0.4 is 10.1 Å². The summed E-state index contributed by atoms with van der Waals surface area (Å²) < 4.78 is 11.0. The van der Waals surface area contributed by atoms with Crippen molar-refractivity contribution in [3.63, 3.8) is 0 Å². The van der Waals surface area contributed by atoms with Gasteiger partial charge < -0.3 is 19.7 Å². The molecule has 202 valence electrons. The molecule has 0 bridgehead atoms. The van der Waals surface area contributed by atoms with Crippen molar-refractivity contribution in [2.24, 2.45) is 0 Å². The second kappa shape index (κ2) is 12.1. The average molecular weight is 521 g/mol. The van der Waals surface area contributed by atoms with Gasteiger partial charge in [-0.25, -0.2) is 9.59 Å². The van der Waals surface area contributed by atoms with Crippen LogP contribution in [0.15, 0.2) is 59.8 Å². The Balaban J connectivity index is 1.61. The lowest BCUT2D eigenvalue weighted by Crippen LogP contribution is -2.49. The van der Waals surface area contributed by atoms with Crippen LogP contribution in [0.25, 0.3) is 0 Å². The maximum atomic E-state index is 13.3. The molecule has 9 heteroatoms. The highest BCUT2D eigenvalue weighted by Crippen LogP contribution is 2.35. The Morgan fingerprint density at radius 3 is 2.47 bits per heavy atom. The number of nitrogens with one attached hydrogen (secondary N) is 1. The number of aryl methyl sites for hydroxylation is 1. The maximum Gasteiger partial charge on any atom is 0.338 e. The minimum absolute atomic E-state index is 0.0173. The quantitative estimate of drug-likeness (QED) is 0.563. The van der Waals surface area contributed by atoms with Crippen LogP contribution in [0.4, 0.5) is 4.79 Å². The number of para-hydroxylation sites is 1. The van der Waals surface area contributed by atoms with Crippen LogP contribution in [0.3, 0.4) is 0 Å². The zero-order chi connectivity index (χ0) is 27.2. The standard InChI is InChI=1S/C29H36N4O5/c1-5-38-28(35)25-23(31(3)29(36)30-26(25)22-9-6-7-10-24(22)37-4)19-32-15-8-16-33(18-17-32)27(34)21-13-11-20(2)12-14-21/h6-7,9-14,26H,5,8,15-19H2,1-4H3,(H,30,36)/t26-/m1/s1. The minimum Gasteiger partial charge on any atom is -0.496 e. The number of amides is 3. The number of benzene rings is 2. The lowest BCUT2D eigenvalue weighted by atomic mass is 9.93. The van der Waals surface area contributed by atoms with Gasteiger partial charge in [-0.15, -0.1) is 0 Å². The summed E-state index contributed by atoms with van der Waals surface area (Å²) in [5.41, 5.74) is 3.44. The number of hydrogen-bond acceptors (Lipinski definition) is 6. The second-order valence-corrected chi connectivity index (χ2v) is 9.55. The average Bonchev–Trinajstić information content (AvgIpc) is 3.16. The Kier molecular flexibility index (Phi) is 8.68. The van der Waals surface area contributed by atoms with Crippen LogP contribution >= 0.6 is 0 Å². The van der Waals surface area contributed by atoms with E-state index in [-0.39, 0.29) is 18.5 Å². The van der Waals surface area contributed by atoms with Crippen LogP contribution in [0.2, 0.25) is 0 Å². The van der Waals surface area contributed by atoms with Gasteiger partial charge in [0.05, 0.1) is 25.3 Å². The predicted octanol–water partition coefficient (Wildman–Crippen LogP) is 3.37. The van der Waals surface area contributed by atoms with Gasteiger partial charge in [-0.3, -0.25) is 14.6 Å². The molecule has 3 amide bonds. The third-order valence-electron chi connectivity index (χ3n) is 7.07. The van der Waals surface area contributed by atoms with E-state index in [1.165, 1.54) is 4.90 Å². The van der Waals surface area contributed by atoms with E-state index in [2.05, 4.69) is 10.2 Å². The summed E-state index contributed by atoms with van der Waals surface area (Å²) in [6.45, 7) is 6.89. The number of nitrogens with zero attached hydrogens (tertiary/aromatic N) is 3. The molecule has 0 spiro atoms. The first-order chi connectivity index (χ1) is 18.3. The van der Waals surface area contributed by atoms with E-state index in [1.54, 1.807) is 27.1 Å². The number of esters is 1. The van der Waals surface area contributed by atoms with Crippen molar-refractivity contribution in [1.29, 1.82) is 0 Å². The van der Waals surface area contributed by atoms with Gasteiger partial charge >= 0.3 is 12.0 Å². The number of rotatable bonds is 7. The molecule has 0 aliphatic carbocycles. The van der Waals surface area contributed by atoms with E-state index in [1.807, 2.05) is 54.3 Å². The number of likely N-dealkylation sites (N-methyl/N-ethyl adjacent to an activating group) is 1. The van der Waals surface area contributed by atoms with Crippen molar-refractivity contribution >= 4 is 17.9 Å². The number of ether oxygens (including phenoxy) is 2. The van der Waals surface area contributed by atoms with E-state index in [9.17, 15) is 14.4 Å². The van der Waals surface area contributed by atoms with Crippen molar-refractivity contribution < 1.29 is 23.9 Å². The van der Waals surface area contributed by atoms with Crippen LogP contribution in [0.5, 0.6) is 5.75 Å². The van der Waals surface area contributed by atoms with Gasteiger partial charge in [0.15, 0.2) is 0 Å². The number of carbonyl (C=O) groups is 3.